The van der Waals surface area contributed by atoms with Crippen molar-refractivity contribution in [1.82, 2.24) is 39.7 Å². The van der Waals surface area contributed by atoms with Crippen LogP contribution < -0.4 is 10.9 Å². The highest BCUT2D eigenvalue weighted by Gasteiger charge is 2.15. The molecule has 0 aliphatic heterocycles. The minimum atomic E-state index is -1.01. The molecule has 166 valence electrons. The second-order valence-corrected chi connectivity index (χ2v) is 7.27. The van der Waals surface area contributed by atoms with Crippen LogP contribution in [-0.2, 0) is 0 Å². The van der Waals surface area contributed by atoms with Crippen LogP contribution in [0.15, 0.2) is 36.7 Å². The first kappa shape index (κ1) is 21.3. The van der Waals surface area contributed by atoms with Gasteiger partial charge in [0.15, 0.2) is 12.5 Å². The van der Waals surface area contributed by atoms with Gasteiger partial charge in [0, 0.05) is 23.5 Å². The molecule has 4 aromatic rings. The zero-order chi connectivity index (χ0) is 22.8. The van der Waals surface area contributed by atoms with Gasteiger partial charge in [-0.1, -0.05) is 0 Å². The number of aliphatic hydroxyl groups is 2. The topological polar surface area (TPSA) is 152 Å². The van der Waals surface area contributed by atoms with Gasteiger partial charge in [-0.15, -0.1) is 20.4 Å². The summed E-state index contributed by atoms with van der Waals surface area (Å²) in [4.78, 5) is 8.74. The summed E-state index contributed by atoms with van der Waals surface area (Å²) in [5, 5.41) is 37.2. The SMILES string of the molecule is Cc1nnc(C)n1NC(O)c1ccnc(-c2cc(C(O)Nn3c(C)nnc3C)ccn2)c1. The zero-order valence-corrected chi connectivity index (χ0v) is 18.1. The lowest BCUT2D eigenvalue weighted by molar-refractivity contribution is 0.190. The van der Waals surface area contributed by atoms with Gasteiger partial charge in [0.1, 0.15) is 23.3 Å². The van der Waals surface area contributed by atoms with E-state index >= 15 is 0 Å². The third kappa shape index (κ3) is 4.26. The van der Waals surface area contributed by atoms with Crippen LogP contribution >= 0.6 is 0 Å². The van der Waals surface area contributed by atoms with Crippen molar-refractivity contribution >= 4 is 0 Å². The van der Waals surface area contributed by atoms with Gasteiger partial charge >= 0.3 is 0 Å². The van der Waals surface area contributed by atoms with E-state index < -0.39 is 12.5 Å². The third-order valence-corrected chi connectivity index (χ3v) is 4.94. The maximum absolute atomic E-state index is 10.7. The van der Waals surface area contributed by atoms with Gasteiger partial charge in [-0.05, 0) is 52.0 Å². The average molecular weight is 436 g/mol. The quantitative estimate of drug-likeness (QED) is 0.309. The lowest BCUT2D eigenvalue weighted by atomic mass is 10.1. The van der Waals surface area contributed by atoms with Crippen molar-refractivity contribution < 1.29 is 10.2 Å². The summed E-state index contributed by atoms with van der Waals surface area (Å²) in [5.74, 6) is 2.52. The fourth-order valence-corrected chi connectivity index (χ4v) is 3.22. The molecule has 0 fully saturated rings. The van der Waals surface area contributed by atoms with E-state index in [1.165, 1.54) is 0 Å². The van der Waals surface area contributed by atoms with Crippen LogP contribution in [-0.4, -0.2) is 49.9 Å². The normalized spacial score (nSPS) is 13.1. The van der Waals surface area contributed by atoms with Gasteiger partial charge < -0.3 is 10.2 Å². The second kappa shape index (κ2) is 8.69. The first-order chi connectivity index (χ1) is 15.3. The number of nitrogens with zero attached hydrogens (tertiary/aromatic N) is 8. The van der Waals surface area contributed by atoms with Crippen molar-refractivity contribution in [3.8, 4) is 11.4 Å². The first-order valence-corrected chi connectivity index (χ1v) is 9.92. The summed E-state index contributed by atoms with van der Waals surface area (Å²) in [6, 6.07) is 6.86. The van der Waals surface area contributed by atoms with E-state index in [4.69, 9.17) is 0 Å². The molecule has 0 saturated heterocycles. The largest absolute Gasteiger partial charge is 0.368 e. The van der Waals surface area contributed by atoms with Crippen LogP contribution in [0.5, 0.6) is 0 Å². The Morgan fingerprint density at radius 3 is 1.34 bits per heavy atom. The zero-order valence-electron chi connectivity index (χ0n) is 18.1. The predicted molar refractivity (Wildman–Crippen MR) is 115 cm³/mol. The summed E-state index contributed by atoms with van der Waals surface area (Å²) >= 11 is 0. The van der Waals surface area contributed by atoms with Crippen molar-refractivity contribution in [3.63, 3.8) is 0 Å². The minimum absolute atomic E-state index is 0.547. The number of aromatic nitrogens is 8. The van der Waals surface area contributed by atoms with Crippen LogP contribution in [0.4, 0.5) is 0 Å². The molecular formula is C20H24N10O2. The number of hydrogen-bond donors (Lipinski definition) is 4. The number of nitrogens with one attached hydrogen (secondary N) is 2. The highest BCUT2D eigenvalue weighted by Crippen LogP contribution is 2.22. The van der Waals surface area contributed by atoms with E-state index in [1.54, 1.807) is 73.7 Å². The molecule has 4 rings (SSSR count). The molecule has 0 aliphatic rings. The molecule has 0 saturated carbocycles. The maximum atomic E-state index is 10.7. The first-order valence-electron chi connectivity index (χ1n) is 9.92. The van der Waals surface area contributed by atoms with Crippen molar-refractivity contribution in [3.05, 3.63) is 71.1 Å². The number of rotatable bonds is 7. The van der Waals surface area contributed by atoms with E-state index in [2.05, 4.69) is 41.2 Å². The smallest absolute Gasteiger partial charge is 0.164 e. The second-order valence-electron chi connectivity index (χ2n) is 7.27. The van der Waals surface area contributed by atoms with Gasteiger partial charge in [0.05, 0.1) is 11.4 Å². The minimum Gasteiger partial charge on any atom is -0.368 e. The van der Waals surface area contributed by atoms with Crippen molar-refractivity contribution in [2.24, 2.45) is 0 Å². The van der Waals surface area contributed by atoms with Gasteiger partial charge in [0.25, 0.3) is 0 Å². The van der Waals surface area contributed by atoms with Crippen molar-refractivity contribution in [1.29, 1.82) is 0 Å². The van der Waals surface area contributed by atoms with E-state index in [-0.39, 0.29) is 0 Å². The lowest BCUT2D eigenvalue weighted by Gasteiger charge is -2.18. The molecule has 2 atom stereocenters. The molecule has 0 aromatic carbocycles. The summed E-state index contributed by atoms with van der Waals surface area (Å²) in [6.07, 6.45) is 1.16. The molecule has 4 N–H and O–H groups in total. The molecule has 12 heteroatoms. The van der Waals surface area contributed by atoms with Crippen LogP contribution in [0.3, 0.4) is 0 Å². The Morgan fingerprint density at radius 1 is 0.656 bits per heavy atom. The fourth-order valence-electron chi connectivity index (χ4n) is 3.22. The molecule has 0 bridgehead atoms. The standard InChI is InChI=1S/C20H24N10O2/c1-11-23-24-12(2)29(11)27-19(31)15-5-7-21-17(9-15)18-10-16(6-8-22-18)20(32)28-30-13(3)25-26-14(30)4/h5-10,19-20,27-28,31-32H,1-4H3. The van der Waals surface area contributed by atoms with Crippen LogP contribution in [0, 0.1) is 27.7 Å². The maximum Gasteiger partial charge on any atom is 0.164 e. The number of aliphatic hydroxyl groups excluding tert-OH is 2. The Labute approximate surface area is 184 Å². The average Bonchev–Trinajstić information content (AvgIpc) is 3.29. The molecule has 0 amide bonds. The van der Waals surface area contributed by atoms with E-state index in [1.807, 2.05) is 0 Å². The van der Waals surface area contributed by atoms with Crippen LogP contribution in [0.1, 0.15) is 46.9 Å². The summed E-state index contributed by atoms with van der Waals surface area (Å²) in [6.45, 7) is 7.15. The molecule has 4 aromatic heterocycles. The number of hydrogen-bond acceptors (Lipinski definition) is 10. The molecule has 0 aliphatic carbocycles. The van der Waals surface area contributed by atoms with Gasteiger partial charge in [-0.3, -0.25) is 20.8 Å². The number of pyridine rings is 2. The number of aryl methyl sites for hydroxylation is 4. The highest BCUT2D eigenvalue weighted by molar-refractivity contribution is 5.56. The Hall–Kier alpha value is -3.90. The van der Waals surface area contributed by atoms with Crippen LogP contribution in [0.2, 0.25) is 0 Å². The Kier molecular flexibility index (Phi) is 5.79. The summed E-state index contributed by atoms with van der Waals surface area (Å²) in [5.41, 5.74) is 8.17. The van der Waals surface area contributed by atoms with Crippen LogP contribution in [0.25, 0.3) is 11.4 Å². The molecule has 12 nitrogen and oxygen atoms in total. The van der Waals surface area contributed by atoms with E-state index in [9.17, 15) is 10.2 Å². The predicted octanol–water partition coefficient (Wildman–Crippen LogP) is 1.03. The van der Waals surface area contributed by atoms with Crippen molar-refractivity contribution in [2.75, 3.05) is 10.9 Å². The molecular weight excluding hydrogens is 412 g/mol. The molecule has 32 heavy (non-hydrogen) atoms. The molecule has 2 unspecified atom stereocenters. The Bertz CT molecular complexity index is 1100. The monoisotopic (exact) mass is 436 g/mol. The van der Waals surface area contributed by atoms with Gasteiger partial charge in [-0.2, -0.15) is 0 Å². The highest BCUT2D eigenvalue weighted by atomic mass is 16.3. The Balaban J connectivity index is 1.55. The van der Waals surface area contributed by atoms with E-state index in [0.29, 0.717) is 45.8 Å². The summed E-state index contributed by atoms with van der Waals surface area (Å²) in [7, 11) is 0. The Morgan fingerprint density at radius 2 is 1.00 bits per heavy atom. The van der Waals surface area contributed by atoms with Gasteiger partial charge in [0.2, 0.25) is 0 Å². The van der Waals surface area contributed by atoms with Gasteiger partial charge in [-0.25, -0.2) is 9.35 Å². The van der Waals surface area contributed by atoms with Crippen molar-refractivity contribution in [2.45, 2.75) is 40.2 Å². The fraction of sp³-hybridized carbons (Fsp3) is 0.300. The molecule has 0 spiro atoms. The lowest BCUT2D eigenvalue weighted by Crippen LogP contribution is -2.23. The molecule has 0 radical (unpaired) electrons. The molecule has 4 heterocycles. The summed E-state index contributed by atoms with van der Waals surface area (Å²) < 4.78 is 3.22. The van der Waals surface area contributed by atoms with E-state index in [0.717, 1.165) is 0 Å². The third-order valence-electron chi connectivity index (χ3n) is 4.94.